The van der Waals surface area contributed by atoms with Gasteiger partial charge in [0.05, 0.1) is 20.6 Å². The highest BCUT2D eigenvalue weighted by Crippen LogP contribution is 2.22. The van der Waals surface area contributed by atoms with Crippen molar-refractivity contribution in [3.05, 3.63) is 53.6 Å². The van der Waals surface area contributed by atoms with Gasteiger partial charge in [-0.3, -0.25) is 9.59 Å². The molecule has 0 aliphatic rings. The molecule has 2 N–H and O–H groups in total. The van der Waals surface area contributed by atoms with Crippen LogP contribution >= 0.6 is 0 Å². The molecule has 0 atom stereocenters. The Morgan fingerprint density at radius 3 is 2.10 bits per heavy atom. The van der Waals surface area contributed by atoms with Crippen molar-refractivity contribution in [3.63, 3.8) is 0 Å². The summed E-state index contributed by atoms with van der Waals surface area (Å²) in [5.74, 6) is 0.797. The highest BCUT2D eigenvalue weighted by molar-refractivity contribution is 6.06. The van der Waals surface area contributed by atoms with Crippen molar-refractivity contribution in [1.29, 1.82) is 0 Å². The standard InChI is InChI=1S/C22H27N3O4/c1-14(2)16-6-8-18(9-7-16)23-21(26)10-15(3)24-25-22(27)17-11-19(28-4)13-20(12-17)29-5/h6-9,11-14H,10H2,1-5H3,(H,23,26)(H,25,27)/b24-15-. The lowest BCUT2D eigenvalue weighted by molar-refractivity contribution is -0.115. The van der Waals surface area contributed by atoms with E-state index in [4.69, 9.17) is 9.47 Å². The minimum absolute atomic E-state index is 0.0631. The molecule has 0 fully saturated rings. The number of nitrogens with zero attached hydrogens (tertiary/aromatic N) is 1. The van der Waals surface area contributed by atoms with Gasteiger partial charge in [-0.1, -0.05) is 26.0 Å². The second-order valence-electron chi connectivity index (χ2n) is 6.89. The number of amides is 2. The monoisotopic (exact) mass is 397 g/mol. The van der Waals surface area contributed by atoms with Gasteiger partial charge in [0, 0.05) is 23.0 Å². The number of hydrazone groups is 1. The molecule has 29 heavy (non-hydrogen) atoms. The van der Waals surface area contributed by atoms with Gasteiger partial charge in [-0.2, -0.15) is 5.10 Å². The molecule has 2 aromatic carbocycles. The van der Waals surface area contributed by atoms with E-state index in [-0.39, 0.29) is 12.3 Å². The van der Waals surface area contributed by atoms with Gasteiger partial charge >= 0.3 is 0 Å². The summed E-state index contributed by atoms with van der Waals surface area (Å²) in [6.45, 7) is 5.90. The average molecular weight is 397 g/mol. The molecule has 0 heterocycles. The summed E-state index contributed by atoms with van der Waals surface area (Å²) in [6, 6.07) is 12.6. The van der Waals surface area contributed by atoms with Crippen LogP contribution in [0.1, 0.15) is 49.0 Å². The molecule has 0 aromatic heterocycles. The zero-order chi connectivity index (χ0) is 21.4. The number of benzene rings is 2. The third kappa shape index (κ3) is 6.64. The zero-order valence-electron chi connectivity index (χ0n) is 17.4. The number of nitrogens with one attached hydrogen (secondary N) is 2. The third-order valence-electron chi connectivity index (χ3n) is 4.24. The molecule has 0 saturated heterocycles. The molecule has 0 unspecified atom stereocenters. The fourth-order valence-corrected chi connectivity index (χ4v) is 2.58. The Kier molecular flexibility index (Phi) is 7.77. The van der Waals surface area contributed by atoms with Gasteiger partial charge in [0.15, 0.2) is 0 Å². The van der Waals surface area contributed by atoms with Crippen LogP contribution in [-0.2, 0) is 4.79 Å². The number of carbonyl (C=O) groups excluding carboxylic acids is 2. The lowest BCUT2D eigenvalue weighted by Gasteiger charge is -2.09. The van der Waals surface area contributed by atoms with E-state index in [1.165, 1.54) is 19.8 Å². The van der Waals surface area contributed by atoms with Crippen molar-refractivity contribution in [1.82, 2.24) is 5.43 Å². The molecule has 7 heteroatoms. The maximum Gasteiger partial charge on any atom is 0.271 e. The summed E-state index contributed by atoms with van der Waals surface area (Å²) in [5.41, 5.74) is 5.19. The minimum Gasteiger partial charge on any atom is -0.497 e. The largest absolute Gasteiger partial charge is 0.497 e. The van der Waals surface area contributed by atoms with Crippen LogP contribution < -0.4 is 20.2 Å². The van der Waals surface area contributed by atoms with Crippen LogP contribution in [0.25, 0.3) is 0 Å². The molecule has 0 aliphatic carbocycles. The topological polar surface area (TPSA) is 89.0 Å². The molecular weight excluding hydrogens is 370 g/mol. The van der Waals surface area contributed by atoms with Crippen molar-refractivity contribution in [3.8, 4) is 11.5 Å². The van der Waals surface area contributed by atoms with Crippen LogP contribution in [0.3, 0.4) is 0 Å². The van der Waals surface area contributed by atoms with Gasteiger partial charge in [0.2, 0.25) is 5.91 Å². The first-order valence-corrected chi connectivity index (χ1v) is 9.28. The summed E-state index contributed by atoms with van der Waals surface area (Å²) >= 11 is 0. The molecule has 154 valence electrons. The first kappa shape index (κ1) is 21.9. The smallest absolute Gasteiger partial charge is 0.271 e. The number of anilines is 1. The maximum absolute atomic E-state index is 12.3. The first-order valence-electron chi connectivity index (χ1n) is 9.28. The van der Waals surface area contributed by atoms with Crippen molar-refractivity contribution in [2.24, 2.45) is 5.10 Å². The zero-order valence-corrected chi connectivity index (χ0v) is 17.4. The molecule has 2 amide bonds. The first-order chi connectivity index (χ1) is 13.8. The van der Waals surface area contributed by atoms with Gasteiger partial charge in [-0.25, -0.2) is 5.43 Å². The third-order valence-corrected chi connectivity index (χ3v) is 4.24. The quantitative estimate of drug-likeness (QED) is 0.521. The number of hydrogen-bond acceptors (Lipinski definition) is 5. The predicted molar refractivity (Wildman–Crippen MR) is 114 cm³/mol. The lowest BCUT2D eigenvalue weighted by Crippen LogP contribution is -2.21. The number of methoxy groups -OCH3 is 2. The summed E-state index contributed by atoms with van der Waals surface area (Å²) < 4.78 is 10.3. The van der Waals surface area contributed by atoms with Crippen molar-refractivity contribution in [2.75, 3.05) is 19.5 Å². The summed E-state index contributed by atoms with van der Waals surface area (Å²) in [5, 5.41) is 6.83. The number of rotatable bonds is 8. The Balaban J connectivity index is 1.93. The van der Waals surface area contributed by atoms with Crippen molar-refractivity contribution < 1.29 is 19.1 Å². The van der Waals surface area contributed by atoms with E-state index in [1.807, 2.05) is 24.3 Å². The Morgan fingerprint density at radius 2 is 1.59 bits per heavy atom. The summed E-state index contributed by atoms with van der Waals surface area (Å²) in [7, 11) is 3.02. The van der Waals surface area contributed by atoms with Gasteiger partial charge in [-0.15, -0.1) is 0 Å². The fraction of sp³-hybridized carbons (Fsp3) is 0.318. The van der Waals surface area contributed by atoms with E-state index in [2.05, 4.69) is 29.7 Å². The lowest BCUT2D eigenvalue weighted by atomic mass is 10.0. The molecule has 7 nitrogen and oxygen atoms in total. The normalized spacial score (nSPS) is 11.2. The second kappa shape index (κ2) is 10.3. The van der Waals surface area contributed by atoms with Crippen LogP contribution in [0.4, 0.5) is 5.69 Å². The molecule has 0 spiro atoms. The van der Waals surface area contributed by atoms with E-state index in [1.54, 1.807) is 25.1 Å². The molecule has 0 aliphatic heterocycles. The van der Waals surface area contributed by atoms with E-state index in [0.717, 1.165) is 5.69 Å². The Bertz CT molecular complexity index is 867. The molecule has 0 saturated carbocycles. The number of hydrogen-bond donors (Lipinski definition) is 2. The number of ether oxygens (including phenoxy) is 2. The Hall–Kier alpha value is -3.35. The van der Waals surface area contributed by atoms with Crippen molar-refractivity contribution in [2.45, 2.75) is 33.1 Å². The maximum atomic E-state index is 12.3. The van der Waals surface area contributed by atoms with Gasteiger partial charge in [-0.05, 0) is 42.7 Å². The molecular formula is C22H27N3O4. The van der Waals surface area contributed by atoms with E-state index >= 15 is 0 Å². The van der Waals surface area contributed by atoms with Crippen LogP contribution in [0.5, 0.6) is 11.5 Å². The average Bonchev–Trinajstić information content (AvgIpc) is 2.71. The summed E-state index contributed by atoms with van der Waals surface area (Å²) in [4.78, 5) is 24.5. The second-order valence-corrected chi connectivity index (χ2v) is 6.89. The Morgan fingerprint density at radius 1 is 1.00 bits per heavy atom. The van der Waals surface area contributed by atoms with Gasteiger partial charge < -0.3 is 14.8 Å². The summed E-state index contributed by atoms with van der Waals surface area (Å²) in [6.07, 6.45) is 0.0631. The van der Waals surface area contributed by atoms with Crippen LogP contribution in [0.15, 0.2) is 47.6 Å². The van der Waals surface area contributed by atoms with Crippen LogP contribution in [-0.4, -0.2) is 31.7 Å². The number of carbonyl (C=O) groups is 2. The van der Waals surface area contributed by atoms with E-state index in [0.29, 0.717) is 28.7 Å². The minimum atomic E-state index is -0.425. The van der Waals surface area contributed by atoms with Crippen molar-refractivity contribution >= 4 is 23.2 Å². The van der Waals surface area contributed by atoms with Crippen LogP contribution in [0.2, 0.25) is 0 Å². The molecule has 0 bridgehead atoms. The Labute approximate surface area is 171 Å². The highest BCUT2D eigenvalue weighted by atomic mass is 16.5. The molecule has 2 rings (SSSR count). The molecule has 2 aromatic rings. The van der Waals surface area contributed by atoms with Crippen LogP contribution in [0, 0.1) is 0 Å². The fourth-order valence-electron chi connectivity index (χ4n) is 2.58. The van der Waals surface area contributed by atoms with E-state index < -0.39 is 5.91 Å². The van der Waals surface area contributed by atoms with Gasteiger partial charge in [0.1, 0.15) is 11.5 Å². The predicted octanol–water partition coefficient (Wildman–Crippen LogP) is 3.96. The van der Waals surface area contributed by atoms with E-state index in [9.17, 15) is 9.59 Å². The SMILES string of the molecule is COc1cc(OC)cc(C(=O)N/N=C(/C)CC(=O)Nc2ccc(C(C)C)cc2)c1. The highest BCUT2D eigenvalue weighted by Gasteiger charge is 2.10. The molecule has 0 radical (unpaired) electrons. The van der Waals surface area contributed by atoms with Gasteiger partial charge in [0.25, 0.3) is 5.91 Å².